The second kappa shape index (κ2) is 5.63. The lowest BCUT2D eigenvalue weighted by molar-refractivity contribution is 0.0682. The molecule has 0 aliphatic carbocycles. The molecule has 16 heavy (non-hydrogen) atoms. The number of amides is 1. The predicted molar refractivity (Wildman–Crippen MR) is 63.0 cm³/mol. The average molecular weight is 222 g/mol. The zero-order valence-corrected chi connectivity index (χ0v) is 9.68. The Balaban J connectivity index is 2.87. The van der Waals surface area contributed by atoms with E-state index in [4.69, 9.17) is 10.8 Å². The number of hydrogen-bond acceptors (Lipinski definition) is 3. The molecule has 1 unspecified atom stereocenters. The lowest BCUT2D eigenvalue weighted by atomic mass is 10.1. The van der Waals surface area contributed by atoms with Gasteiger partial charge >= 0.3 is 0 Å². The van der Waals surface area contributed by atoms with Crippen molar-refractivity contribution in [1.29, 1.82) is 0 Å². The van der Waals surface area contributed by atoms with Gasteiger partial charge in [-0.1, -0.05) is 12.1 Å². The fourth-order valence-electron chi connectivity index (χ4n) is 1.36. The van der Waals surface area contributed by atoms with E-state index in [0.717, 1.165) is 5.56 Å². The lowest BCUT2D eigenvalue weighted by Gasteiger charge is -2.23. The molecule has 0 fully saturated rings. The maximum absolute atomic E-state index is 12.0. The van der Waals surface area contributed by atoms with Gasteiger partial charge in [0.05, 0.1) is 12.6 Å². The molecule has 1 rings (SSSR count). The van der Waals surface area contributed by atoms with Crippen molar-refractivity contribution in [3.63, 3.8) is 0 Å². The number of aliphatic hydroxyl groups excluding tert-OH is 1. The van der Waals surface area contributed by atoms with E-state index < -0.39 is 0 Å². The third-order valence-corrected chi connectivity index (χ3v) is 2.66. The lowest BCUT2D eigenvalue weighted by Crippen LogP contribution is -2.37. The molecule has 0 aliphatic heterocycles. The Morgan fingerprint density at radius 1 is 1.56 bits per heavy atom. The summed E-state index contributed by atoms with van der Waals surface area (Å²) in [6, 6.07) is 7.04. The van der Waals surface area contributed by atoms with Crippen molar-refractivity contribution in [2.75, 3.05) is 13.7 Å². The Bertz CT molecular complexity index is 366. The minimum absolute atomic E-state index is 0.0428. The van der Waals surface area contributed by atoms with Gasteiger partial charge in [-0.05, 0) is 24.6 Å². The van der Waals surface area contributed by atoms with E-state index >= 15 is 0 Å². The van der Waals surface area contributed by atoms with Gasteiger partial charge in [0.2, 0.25) is 0 Å². The van der Waals surface area contributed by atoms with Crippen LogP contribution in [-0.2, 0) is 6.54 Å². The van der Waals surface area contributed by atoms with Crippen molar-refractivity contribution in [3.05, 3.63) is 35.4 Å². The first-order valence-electron chi connectivity index (χ1n) is 5.27. The molecule has 0 saturated carbocycles. The largest absolute Gasteiger partial charge is 0.394 e. The number of aliphatic hydroxyl groups is 1. The van der Waals surface area contributed by atoms with Crippen LogP contribution < -0.4 is 5.73 Å². The maximum Gasteiger partial charge on any atom is 0.253 e. The van der Waals surface area contributed by atoms with Gasteiger partial charge < -0.3 is 15.7 Å². The number of carbonyl (C=O) groups is 1. The van der Waals surface area contributed by atoms with E-state index in [9.17, 15) is 4.79 Å². The number of benzene rings is 1. The molecule has 3 N–H and O–H groups in total. The third kappa shape index (κ3) is 2.81. The number of nitrogens with zero attached hydrogens (tertiary/aromatic N) is 1. The van der Waals surface area contributed by atoms with Crippen LogP contribution in [0.25, 0.3) is 0 Å². The molecule has 1 atom stereocenters. The van der Waals surface area contributed by atoms with Crippen molar-refractivity contribution in [2.24, 2.45) is 5.73 Å². The monoisotopic (exact) mass is 222 g/mol. The molecule has 1 amide bonds. The summed E-state index contributed by atoms with van der Waals surface area (Å²) in [6.07, 6.45) is 0. The van der Waals surface area contributed by atoms with E-state index in [0.29, 0.717) is 12.1 Å². The van der Waals surface area contributed by atoms with Gasteiger partial charge in [0, 0.05) is 19.2 Å². The molecule has 0 saturated heterocycles. The van der Waals surface area contributed by atoms with Crippen molar-refractivity contribution in [1.82, 2.24) is 4.90 Å². The van der Waals surface area contributed by atoms with Crippen LogP contribution in [0, 0.1) is 0 Å². The molecule has 0 radical (unpaired) electrons. The highest BCUT2D eigenvalue weighted by molar-refractivity contribution is 5.94. The summed E-state index contributed by atoms with van der Waals surface area (Å²) in [5, 5.41) is 8.99. The Hall–Kier alpha value is -1.39. The molecular formula is C12H18N2O2. The Morgan fingerprint density at radius 2 is 2.25 bits per heavy atom. The molecule has 4 heteroatoms. The summed E-state index contributed by atoms with van der Waals surface area (Å²) in [4.78, 5) is 13.5. The van der Waals surface area contributed by atoms with Crippen LogP contribution in [0.2, 0.25) is 0 Å². The normalized spacial score (nSPS) is 12.2. The zero-order chi connectivity index (χ0) is 12.1. The second-order valence-electron chi connectivity index (χ2n) is 3.85. The fourth-order valence-corrected chi connectivity index (χ4v) is 1.36. The molecule has 88 valence electrons. The Labute approximate surface area is 95.7 Å². The predicted octanol–water partition coefficient (Wildman–Crippen LogP) is 0.598. The van der Waals surface area contributed by atoms with Gasteiger partial charge in [0.15, 0.2) is 0 Å². The maximum atomic E-state index is 12.0. The van der Waals surface area contributed by atoms with Gasteiger partial charge in [0.1, 0.15) is 0 Å². The van der Waals surface area contributed by atoms with Crippen LogP contribution in [0.5, 0.6) is 0 Å². The Kier molecular flexibility index (Phi) is 4.46. The van der Waals surface area contributed by atoms with Gasteiger partial charge in [0.25, 0.3) is 5.91 Å². The first-order chi connectivity index (χ1) is 7.60. The van der Waals surface area contributed by atoms with Crippen molar-refractivity contribution >= 4 is 5.91 Å². The highest BCUT2D eigenvalue weighted by atomic mass is 16.3. The molecule has 0 bridgehead atoms. The molecule has 0 aromatic heterocycles. The minimum atomic E-state index is -0.186. The molecule has 1 aromatic rings. The topological polar surface area (TPSA) is 66.6 Å². The van der Waals surface area contributed by atoms with Crippen molar-refractivity contribution < 1.29 is 9.90 Å². The molecule has 0 heterocycles. The summed E-state index contributed by atoms with van der Waals surface area (Å²) in [6.45, 7) is 2.17. The van der Waals surface area contributed by atoms with Gasteiger partial charge in [-0.25, -0.2) is 0 Å². The van der Waals surface area contributed by atoms with Crippen LogP contribution in [0.1, 0.15) is 22.8 Å². The van der Waals surface area contributed by atoms with Crippen molar-refractivity contribution in [2.45, 2.75) is 19.5 Å². The van der Waals surface area contributed by atoms with Crippen LogP contribution in [0.4, 0.5) is 0 Å². The molecular weight excluding hydrogens is 204 g/mol. The summed E-state index contributed by atoms with van der Waals surface area (Å²) in [5.41, 5.74) is 7.05. The summed E-state index contributed by atoms with van der Waals surface area (Å²) < 4.78 is 0. The quantitative estimate of drug-likeness (QED) is 0.784. The molecule has 1 aromatic carbocycles. The highest BCUT2D eigenvalue weighted by Gasteiger charge is 2.16. The van der Waals surface area contributed by atoms with E-state index in [-0.39, 0.29) is 18.6 Å². The van der Waals surface area contributed by atoms with E-state index in [1.165, 1.54) is 4.90 Å². The standard InChI is InChI=1S/C12H18N2O2/c1-9(8-15)14(2)12(16)11-5-3-4-10(6-11)7-13/h3-6,9,15H,7-8,13H2,1-2H3. The van der Waals surface area contributed by atoms with Crippen LogP contribution in [-0.4, -0.2) is 35.6 Å². The second-order valence-corrected chi connectivity index (χ2v) is 3.85. The molecule has 4 nitrogen and oxygen atoms in total. The molecule has 0 aliphatic rings. The number of carbonyl (C=O) groups excluding carboxylic acids is 1. The SMILES string of the molecule is CC(CO)N(C)C(=O)c1cccc(CN)c1. The summed E-state index contributed by atoms with van der Waals surface area (Å²) in [5.74, 6) is -0.100. The minimum Gasteiger partial charge on any atom is -0.394 e. The fraction of sp³-hybridized carbons (Fsp3) is 0.417. The smallest absolute Gasteiger partial charge is 0.253 e. The first-order valence-corrected chi connectivity index (χ1v) is 5.27. The van der Waals surface area contributed by atoms with Gasteiger partial charge in [-0.15, -0.1) is 0 Å². The van der Waals surface area contributed by atoms with Gasteiger partial charge in [-0.3, -0.25) is 4.79 Å². The summed E-state index contributed by atoms with van der Waals surface area (Å²) in [7, 11) is 1.68. The number of rotatable bonds is 4. The number of likely N-dealkylation sites (N-methyl/N-ethyl adjacent to an activating group) is 1. The summed E-state index contributed by atoms with van der Waals surface area (Å²) >= 11 is 0. The van der Waals surface area contributed by atoms with E-state index in [1.54, 1.807) is 26.1 Å². The number of hydrogen-bond donors (Lipinski definition) is 2. The van der Waals surface area contributed by atoms with Crippen LogP contribution in [0.3, 0.4) is 0 Å². The first kappa shape index (κ1) is 12.7. The number of nitrogens with two attached hydrogens (primary N) is 1. The molecule has 0 spiro atoms. The van der Waals surface area contributed by atoms with Crippen LogP contribution >= 0.6 is 0 Å². The highest BCUT2D eigenvalue weighted by Crippen LogP contribution is 2.09. The zero-order valence-electron chi connectivity index (χ0n) is 9.68. The van der Waals surface area contributed by atoms with E-state index in [1.807, 2.05) is 12.1 Å². The van der Waals surface area contributed by atoms with Gasteiger partial charge in [-0.2, -0.15) is 0 Å². The van der Waals surface area contributed by atoms with Crippen LogP contribution in [0.15, 0.2) is 24.3 Å². The van der Waals surface area contributed by atoms with E-state index in [2.05, 4.69) is 0 Å². The average Bonchev–Trinajstić information content (AvgIpc) is 2.36. The van der Waals surface area contributed by atoms with Crippen molar-refractivity contribution in [3.8, 4) is 0 Å². The third-order valence-electron chi connectivity index (χ3n) is 2.66. The Morgan fingerprint density at radius 3 is 2.81 bits per heavy atom.